The number of allylic oxidation sites excluding steroid dienone is 1. The van der Waals surface area contributed by atoms with Gasteiger partial charge in [-0.05, 0) is 42.2 Å². The molecule has 0 unspecified atom stereocenters. The summed E-state index contributed by atoms with van der Waals surface area (Å²) in [5.74, 6) is 0.133. The Morgan fingerprint density at radius 3 is 2.39 bits per heavy atom. The van der Waals surface area contributed by atoms with Crippen molar-refractivity contribution in [2.75, 3.05) is 0 Å². The molecule has 2 aromatic rings. The Hall–Kier alpha value is -2.15. The fourth-order valence-corrected chi connectivity index (χ4v) is 2.32. The fourth-order valence-electron chi connectivity index (χ4n) is 2.32. The maximum atomic E-state index is 12.3. The number of Topliss-reactive ketones (excluding diaryl/α,β-unsaturated/α-hetero) is 1. The molecule has 0 spiro atoms. The fraction of sp³-hybridized carbons (Fsp3) is 0.118. The lowest BCUT2D eigenvalue weighted by atomic mass is 9.98. The highest BCUT2D eigenvalue weighted by Gasteiger charge is 2.22. The van der Waals surface area contributed by atoms with Crippen LogP contribution < -0.4 is 0 Å². The Bertz CT molecular complexity index is 678. The van der Waals surface area contributed by atoms with Gasteiger partial charge in [-0.25, -0.2) is 0 Å². The summed E-state index contributed by atoms with van der Waals surface area (Å²) < 4.78 is 0. The molecule has 0 N–H and O–H groups in total. The van der Waals surface area contributed by atoms with Crippen LogP contribution in [0, 0.1) is 13.8 Å². The molecule has 0 bridgehead atoms. The molecule has 0 heterocycles. The largest absolute Gasteiger partial charge is 0.289 e. The molecule has 0 atom stereocenters. The highest BCUT2D eigenvalue weighted by molar-refractivity contribution is 6.37. The average Bonchev–Trinajstić information content (AvgIpc) is 2.71. The highest BCUT2D eigenvalue weighted by Crippen LogP contribution is 2.31. The van der Waals surface area contributed by atoms with E-state index in [1.165, 1.54) is 11.1 Å². The maximum absolute atomic E-state index is 12.3. The topological polar surface area (TPSA) is 17.1 Å². The summed E-state index contributed by atoms with van der Waals surface area (Å²) in [6.07, 6.45) is 1.99. The number of rotatable bonds is 1. The Morgan fingerprint density at radius 2 is 1.67 bits per heavy atom. The standard InChI is InChI=1S/C17H14O/c1-11-7-8-14(9-12(11)2)16-10-13-5-3-4-6-15(13)17(16)18/h3-10H,1-2H3. The van der Waals surface area contributed by atoms with Crippen LogP contribution in [-0.2, 0) is 0 Å². The van der Waals surface area contributed by atoms with Crippen molar-refractivity contribution in [3.63, 3.8) is 0 Å². The van der Waals surface area contributed by atoms with E-state index in [2.05, 4.69) is 26.0 Å². The summed E-state index contributed by atoms with van der Waals surface area (Å²) >= 11 is 0. The lowest BCUT2D eigenvalue weighted by Gasteiger charge is -2.05. The molecule has 18 heavy (non-hydrogen) atoms. The second-order valence-electron chi connectivity index (χ2n) is 4.77. The third kappa shape index (κ3) is 1.60. The third-order valence-electron chi connectivity index (χ3n) is 3.57. The summed E-state index contributed by atoms with van der Waals surface area (Å²) in [4.78, 5) is 12.3. The van der Waals surface area contributed by atoms with Crippen LogP contribution in [0.3, 0.4) is 0 Å². The first-order chi connectivity index (χ1) is 8.66. The second-order valence-corrected chi connectivity index (χ2v) is 4.77. The van der Waals surface area contributed by atoms with Crippen molar-refractivity contribution in [1.29, 1.82) is 0 Å². The van der Waals surface area contributed by atoms with Gasteiger partial charge in [0, 0.05) is 11.1 Å². The third-order valence-corrected chi connectivity index (χ3v) is 3.57. The Kier molecular flexibility index (Phi) is 2.41. The summed E-state index contributed by atoms with van der Waals surface area (Å²) in [5.41, 5.74) is 6.12. The molecule has 2 aromatic carbocycles. The molecular formula is C17H14O. The molecule has 0 saturated carbocycles. The number of hydrogen-bond donors (Lipinski definition) is 0. The van der Waals surface area contributed by atoms with E-state index in [0.29, 0.717) is 0 Å². The lowest BCUT2D eigenvalue weighted by molar-refractivity contribution is 0.105. The van der Waals surface area contributed by atoms with Crippen LogP contribution >= 0.6 is 0 Å². The minimum absolute atomic E-state index is 0.133. The Balaban J connectivity index is 2.10. The van der Waals surface area contributed by atoms with Crippen LogP contribution in [0.5, 0.6) is 0 Å². The Morgan fingerprint density at radius 1 is 0.889 bits per heavy atom. The number of carbonyl (C=O) groups is 1. The van der Waals surface area contributed by atoms with E-state index in [1.54, 1.807) is 0 Å². The first-order valence-electron chi connectivity index (χ1n) is 6.10. The van der Waals surface area contributed by atoms with Crippen molar-refractivity contribution >= 4 is 17.4 Å². The molecule has 1 aliphatic rings. The minimum atomic E-state index is 0.133. The van der Waals surface area contributed by atoms with Crippen LogP contribution in [0.4, 0.5) is 0 Å². The van der Waals surface area contributed by atoms with Crippen LogP contribution in [0.2, 0.25) is 0 Å². The summed E-state index contributed by atoms with van der Waals surface area (Å²) in [6.45, 7) is 4.16. The molecule has 0 amide bonds. The van der Waals surface area contributed by atoms with Crippen molar-refractivity contribution < 1.29 is 4.79 Å². The summed E-state index contributed by atoms with van der Waals surface area (Å²) in [6, 6.07) is 13.9. The molecule has 0 radical (unpaired) electrons. The molecule has 0 aromatic heterocycles. The van der Waals surface area contributed by atoms with Crippen LogP contribution in [0.1, 0.15) is 32.6 Å². The van der Waals surface area contributed by atoms with Crippen LogP contribution in [0.25, 0.3) is 11.6 Å². The summed E-state index contributed by atoms with van der Waals surface area (Å²) in [5, 5.41) is 0. The van der Waals surface area contributed by atoms with Crippen molar-refractivity contribution in [1.82, 2.24) is 0 Å². The molecule has 1 aliphatic carbocycles. The maximum Gasteiger partial charge on any atom is 0.194 e. The monoisotopic (exact) mass is 234 g/mol. The van der Waals surface area contributed by atoms with Crippen LogP contribution in [0.15, 0.2) is 42.5 Å². The quantitative estimate of drug-likeness (QED) is 0.727. The van der Waals surface area contributed by atoms with Gasteiger partial charge < -0.3 is 0 Å². The van der Waals surface area contributed by atoms with Gasteiger partial charge in [0.25, 0.3) is 0 Å². The van der Waals surface area contributed by atoms with Gasteiger partial charge in [0.2, 0.25) is 0 Å². The number of hydrogen-bond acceptors (Lipinski definition) is 1. The molecule has 0 fully saturated rings. The molecule has 88 valence electrons. The zero-order chi connectivity index (χ0) is 12.7. The van der Waals surface area contributed by atoms with Gasteiger partial charge in [0.15, 0.2) is 5.78 Å². The Labute approximate surface area is 107 Å². The summed E-state index contributed by atoms with van der Waals surface area (Å²) in [7, 11) is 0. The zero-order valence-electron chi connectivity index (χ0n) is 10.5. The van der Waals surface area contributed by atoms with E-state index in [4.69, 9.17) is 0 Å². The lowest BCUT2D eigenvalue weighted by Crippen LogP contribution is -1.98. The van der Waals surface area contributed by atoms with Gasteiger partial charge in [-0.15, -0.1) is 0 Å². The first kappa shape index (κ1) is 11.0. The second kappa shape index (κ2) is 3.95. The number of fused-ring (bicyclic) bond motifs is 1. The highest BCUT2D eigenvalue weighted by atomic mass is 16.1. The van der Waals surface area contributed by atoms with Crippen molar-refractivity contribution in [2.45, 2.75) is 13.8 Å². The number of aryl methyl sites for hydroxylation is 2. The van der Waals surface area contributed by atoms with E-state index in [0.717, 1.165) is 22.3 Å². The van der Waals surface area contributed by atoms with Gasteiger partial charge in [0.1, 0.15) is 0 Å². The van der Waals surface area contributed by atoms with E-state index in [1.807, 2.05) is 36.4 Å². The predicted molar refractivity (Wildman–Crippen MR) is 74.6 cm³/mol. The molecule has 1 heteroatoms. The predicted octanol–water partition coefficient (Wildman–Crippen LogP) is 4.04. The molecule has 1 nitrogen and oxygen atoms in total. The van der Waals surface area contributed by atoms with E-state index in [-0.39, 0.29) is 5.78 Å². The SMILES string of the molecule is Cc1ccc(C2=Cc3ccccc3C2=O)cc1C. The van der Waals surface area contributed by atoms with Crippen molar-refractivity contribution in [3.8, 4) is 0 Å². The number of carbonyl (C=O) groups excluding carboxylic acids is 1. The zero-order valence-corrected chi connectivity index (χ0v) is 10.5. The van der Waals surface area contributed by atoms with Gasteiger partial charge in [-0.1, -0.05) is 42.5 Å². The van der Waals surface area contributed by atoms with Gasteiger partial charge in [-0.2, -0.15) is 0 Å². The van der Waals surface area contributed by atoms with Gasteiger partial charge >= 0.3 is 0 Å². The molecule has 0 saturated heterocycles. The van der Waals surface area contributed by atoms with Crippen LogP contribution in [-0.4, -0.2) is 5.78 Å². The van der Waals surface area contributed by atoms with E-state index in [9.17, 15) is 4.79 Å². The van der Waals surface area contributed by atoms with Crippen molar-refractivity contribution in [3.05, 3.63) is 70.3 Å². The molecule has 3 rings (SSSR count). The van der Waals surface area contributed by atoms with E-state index < -0.39 is 0 Å². The number of benzene rings is 2. The minimum Gasteiger partial charge on any atom is -0.289 e. The van der Waals surface area contributed by atoms with E-state index >= 15 is 0 Å². The first-order valence-corrected chi connectivity index (χ1v) is 6.10. The number of ketones is 1. The van der Waals surface area contributed by atoms with Crippen molar-refractivity contribution in [2.24, 2.45) is 0 Å². The normalized spacial score (nSPS) is 13.4. The molecule has 0 aliphatic heterocycles. The molecular weight excluding hydrogens is 220 g/mol. The van der Waals surface area contributed by atoms with Gasteiger partial charge in [-0.3, -0.25) is 4.79 Å². The van der Waals surface area contributed by atoms with Gasteiger partial charge in [0.05, 0.1) is 0 Å². The smallest absolute Gasteiger partial charge is 0.194 e. The average molecular weight is 234 g/mol.